The van der Waals surface area contributed by atoms with Crippen LogP contribution in [0.25, 0.3) is 0 Å². The molecule has 4 nitrogen and oxygen atoms in total. The molecule has 1 amide bonds. The van der Waals surface area contributed by atoms with Crippen LogP contribution in [-0.4, -0.2) is 22.1 Å². The van der Waals surface area contributed by atoms with Crippen molar-refractivity contribution in [3.8, 4) is 0 Å². The zero-order valence-electron chi connectivity index (χ0n) is 9.91. The lowest BCUT2D eigenvalue weighted by atomic mass is 10.1. The Balaban J connectivity index is 1.88. The number of aliphatic hydroxyl groups excluding tert-OH is 1. The first-order chi connectivity index (χ1) is 8.88. The van der Waals surface area contributed by atoms with Crippen LogP contribution in [0.5, 0.6) is 0 Å². The number of hydrogen-bond donors (Lipinski definition) is 2. The van der Waals surface area contributed by atoms with Crippen molar-refractivity contribution >= 4 is 17.2 Å². The number of thiazole rings is 1. The normalized spacial score (nSPS) is 23.6. The number of nitrogens with one attached hydrogen (secondary N) is 1. The van der Waals surface area contributed by atoms with Gasteiger partial charge in [0.25, 0.3) is 0 Å². The van der Waals surface area contributed by atoms with E-state index in [0.29, 0.717) is 12.8 Å². The molecule has 2 N–H and O–H groups in total. The zero-order valence-corrected chi connectivity index (χ0v) is 10.7. The minimum Gasteiger partial charge on any atom is -0.392 e. The topological polar surface area (TPSA) is 62.2 Å². The number of carbonyl (C=O) groups is 1. The van der Waals surface area contributed by atoms with E-state index in [4.69, 9.17) is 0 Å². The average Bonchev–Trinajstić information content (AvgIpc) is 2.93. The maximum absolute atomic E-state index is 12.3. The molecule has 1 fully saturated rings. The van der Waals surface area contributed by atoms with Crippen molar-refractivity contribution in [1.82, 2.24) is 10.3 Å². The molecule has 1 aliphatic rings. The molecule has 1 heterocycles. The van der Waals surface area contributed by atoms with Crippen LogP contribution < -0.4 is 5.32 Å². The molecular weight excluding hydrogens is 281 g/mol. The summed E-state index contributed by atoms with van der Waals surface area (Å²) in [7, 11) is 0. The fourth-order valence-electron chi connectivity index (χ4n) is 2.06. The lowest BCUT2D eigenvalue weighted by Crippen LogP contribution is -2.34. The average molecular weight is 294 g/mol. The van der Waals surface area contributed by atoms with Gasteiger partial charge in [-0.25, -0.2) is 4.98 Å². The molecule has 1 aromatic rings. The summed E-state index contributed by atoms with van der Waals surface area (Å²) in [5.74, 6) is -0.782. The molecule has 2 atom stereocenters. The number of carbonyl (C=O) groups excluding carboxylic acids is 1. The molecule has 2 rings (SSSR count). The molecular formula is C11H13F3N2O2S. The maximum Gasteiger partial charge on any atom is 0.434 e. The van der Waals surface area contributed by atoms with Gasteiger partial charge in [-0.2, -0.15) is 13.2 Å². The first kappa shape index (κ1) is 14.3. The predicted octanol–water partition coefficient (Wildman–Crippen LogP) is 1.94. The van der Waals surface area contributed by atoms with Gasteiger partial charge in [-0.1, -0.05) is 0 Å². The van der Waals surface area contributed by atoms with Gasteiger partial charge in [0, 0.05) is 5.38 Å². The Hall–Kier alpha value is -1.15. The van der Waals surface area contributed by atoms with Gasteiger partial charge in [0.05, 0.1) is 18.6 Å². The fourth-order valence-corrected chi connectivity index (χ4v) is 2.80. The predicted molar refractivity (Wildman–Crippen MR) is 62.3 cm³/mol. The number of halogens is 3. The summed E-state index contributed by atoms with van der Waals surface area (Å²) in [5.41, 5.74) is -0.942. The summed E-state index contributed by atoms with van der Waals surface area (Å²) in [4.78, 5) is 15.1. The summed E-state index contributed by atoms with van der Waals surface area (Å²) in [6.45, 7) is -0.0389. The minimum absolute atomic E-state index is 0.0389. The largest absolute Gasteiger partial charge is 0.434 e. The standard InChI is InChI=1S/C11H13F3N2O2S/c12-11(13,14)8-5-19-9(16-8)4-15-10(18)6-2-1-3-7(6)17/h5-7,17H,1-4H2,(H,15,18). The van der Waals surface area contributed by atoms with Crippen LogP contribution in [0.3, 0.4) is 0 Å². The molecule has 0 saturated heterocycles. The third-order valence-corrected chi connectivity index (χ3v) is 3.92. The monoisotopic (exact) mass is 294 g/mol. The molecule has 1 aliphatic carbocycles. The van der Waals surface area contributed by atoms with Crippen LogP contribution in [0.4, 0.5) is 13.2 Å². The van der Waals surface area contributed by atoms with Gasteiger partial charge in [-0.3, -0.25) is 4.79 Å². The first-order valence-electron chi connectivity index (χ1n) is 5.85. The zero-order chi connectivity index (χ0) is 14.0. The van der Waals surface area contributed by atoms with Gasteiger partial charge in [-0.05, 0) is 19.3 Å². The fraction of sp³-hybridized carbons (Fsp3) is 0.636. The number of aliphatic hydroxyl groups is 1. The summed E-state index contributed by atoms with van der Waals surface area (Å²) < 4.78 is 37.0. The van der Waals surface area contributed by atoms with E-state index in [1.165, 1.54) is 0 Å². The molecule has 0 spiro atoms. The SMILES string of the molecule is O=C(NCc1nc(C(F)(F)F)cs1)C1CCCC1O. The Kier molecular flexibility index (Phi) is 4.10. The van der Waals surface area contributed by atoms with Crippen LogP contribution in [0.1, 0.15) is 30.0 Å². The van der Waals surface area contributed by atoms with Crippen LogP contribution in [-0.2, 0) is 17.5 Å². The Morgan fingerprint density at radius 2 is 2.26 bits per heavy atom. The summed E-state index contributed by atoms with van der Waals surface area (Å²) in [6.07, 6.45) is -3.12. The molecule has 106 valence electrons. The van der Waals surface area contributed by atoms with Gasteiger partial charge in [0.15, 0.2) is 5.69 Å². The van der Waals surface area contributed by atoms with Crippen LogP contribution in [0, 0.1) is 5.92 Å². The van der Waals surface area contributed by atoms with Crippen molar-refractivity contribution in [2.24, 2.45) is 5.92 Å². The quantitative estimate of drug-likeness (QED) is 0.895. The van der Waals surface area contributed by atoms with Gasteiger partial charge in [0.1, 0.15) is 5.01 Å². The van der Waals surface area contributed by atoms with Crippen LogP contribution in [0.2, 0.25) is 0 Å². The highest BCUT2D eigenvalue weighted by Gasteiger charge is 2.34. The first-order valence-corrected chi connectivity index (χ1v) is 6.73. The molecule has 19 heavy (non-hydrogen) atoms. The number of rotatable bonds is 3. The Morgan fingerprint density at radius 3 is 2.79 bits per heavy atom. The highest BCUT2D eigenvalue weighted by Crippen LogP contribution is 2.30. The molecule has 0 aromatic carbocycles. The lowest BCUT2D eigenvalue weighted by molar-refractivity contribution is -0.140. The summed E-state index contributed by atoms with van der Waals surface area (Å²) >= 11 is 0.853. The van der Waals surface area contributed by atoms with Gasteiger partial charge in [0.2, 0.25) is 5.91 Å². The number of aromatic nitrogens is 1. The molecule has 0 bridgehead atoms. The van der Waals surface area contributed by atoms with E-state index in [1.54, 1.807) is 0 Å². The number of alkyl halides is 3. The summed E-state index contributed by atoms with van der Waals surface area (Å²) in [6, 6.07) is 0. The van der Waals surface area contributed by atoms with Crippen molar-refractivity contribution in [1.29, 1.82) is 0 Å². The second-order valence-electron chi connectivity index (χ2n) is 4.45. The van der Waals surface area contributed by atoms with Gasteiger partial charge >= 0.3 is 6.18 Å². The van der Waals surface area contributed by atoms with Crippen LogP contribution >= 0.6 is 11.3 Å². The van der Waals surface area contributed by atoms with Gasteiger partial charge in [-0.15, -0.1) is 11.3 Å². The molecule has 1 saturated carbocycles. The highest BCUT2D eigenvalue weighted by atomic mass is 32.1. The van der Waals surface area contributed by atoms with E-state index < -0.39 is 23.9 Å². The second-order valence-corrected chi connectivity index (χ2v) is 5.39. The van der Waals surface area contributed by atoms with E-state index in [0.717, 1.165) is 23.1 Å². The lowest BCUT2D eigenvalue weighted by Gasteiger charge is -2.13. The van der Waals surface area contributed by atoms with Crippen molar-refractivity contribution in [3.63, 3.8) is 0 Å². The van der Waals surface area contributed by atoms with Gasteiger partial charge < -0.3 is 10.4 Å². The molecule has 0 radical (unpaired) electrons. The van der Waals surface area contributed by atoms with Crippen molar-refractivity contribution < 1.29 is 23.1 Å². The van der Waals surface area contributed by atoms with E-state index >= 15 is 0 Å². The van der Waals surface area contributed by atoms with Crippen molar-refractivity contribution in [2.75, 3.05) is 0 Å². The third-order valence-electron chi connectivity index (χ3n) is 3.07. The maximum atomic E-state index is 12.3. The molecule has 8 heteroatoms. The van der Waals surface area contributed by atoms with E-state index in [9.17, 15) is 23.1 Å². The van der Waals surface area contributed by atoms with Crippen LogP contribution in [0.15, 0.2) is 5.38 Å². The minimum atomic E-state index is -4.46. The van der Waals surface area contributed by atoms with E-state index in [2.05, 4.69) is 10.3 Å². The smallest absolute Gasteiger partial charge is 0.392 e. The second kappa shape index (κ2) is 5.46. The van der Waals surface area contributed by atoms with E-state index in [1.807, 2.05) is 0 Å². The number of amides is 1. The third kappa shape index (κ3) is 3.44. The Bertz CT molecular complexity index is 461. The van der Waals surface area contributed by atoms with E-state index in [-0.39, 0.29) is 17.5 Å². The number of hydrogen-bond acceptors (Lipinski definition) is 4. The Morgan fingerprint density at radius 1 is 1.53 bits per heavy atom. The molecule has 1 aromatic heterocycles. The van der Waals surface area contributed by atoms with Crippen molar-refractivity contribution in [2.45, 2.75) is 38.1 Å². The molecule has 0 aliphatic heterocycles. The van der Waals surface area contributed by atoms with Crippen molar-refractivity contribution in [3.05, 3.63) is 16.1 Å². The highest BCUT2D eigenvalue weighted by molar-refractivity contribution is 7.09. The molecule has 2 unspecified atom stereocenters. The Labute approximate surface area is 111 Å². The summed E-state index contributed by atoms with van der Waals surface area (Å²) in [5, 5.41) is 13.2. The number of nitrogens with zero attached hydrogens (tertiary/aromatic N) is 1.